The van der Waals surface area contributed by atoms with Crippen LogP contribution >= 0.6 is 0 Å². The van der Waals surface area contributed by atoms with Gasteiger partial charge in [0.15, 0.2) is 0 Å². The molecular weight excluding hydrogens is 252 g/mol. The van der Waals surface area contributed by atoms with E-state index in [0.29, 0.717) is 12.5 Å². The van der Waals surface area contributed by atoms with Crippen LogP contribution in [0.1, 0.15) is 25.8 Å². The lowest BCUT2D eigenvalue weighted by atomic mass is 10.0. The van der Waals surface area contributed by atoms with Gasteiger partial charge in [-0.05, 0) is 30.0 Å². The number of ether oxygens (including phenoxy) is 1. The molecule has 0 spiro atoms. The topological polar surface area (TPSA) is 41.6 Å². The van der Waals surface area contributed by atoms with E-state index >= 15 is 0 Å². The van der Waals surface area contributed by atoms with Crippen molar-refractivity contribution in [1.29, 1.82) is 0 Å². The number of amides is 1. The molecule has 4 heteroatoms. The second kappa shape index (κ2) is 7.90. The average Bonchev–Trinajstić information content (AvgIpc) is 2.42. The van der Waals surface area contributed by atoms with Crippen molar-refractivity contribution < 1.29 is 9.53 Å². The molecule has 1 aromatic carbocycles. The molecule has 1 aromatic rings. The van der Waals surface area contributed by atoms with Crippen LogP contribution < -0.4 is 10.1 Å². The van der Waals surface area contributed by atoms with Gasteiger partial charge in [-0.1, -0.05) is 26.0 Å². The molecule has 0 fully saturated rings. The summed E-state index contributed by atoms with van der Waals surface area (Å²) in [5.41, 5.74) is 1.12. The Kier molecular flexibility index (Phi) is 6.52. The number of nitrogens with one attached hydrogen (secondary N) is 1. The fraction of sp³-hybridized carbons (Fsp3) is 0.562. The highest BCUT2D eigenvalue weighted by molar-refractivity contribution is 5.81. The minimum absolute atomic E-state index is 0.126. The monoisotopic (exact) mass is 278 g/mol. The molecule has 112 valence electrons. The van der Waals surface area contributed by atoms with E-state index in [0.717, 1.165) is 17.7 Å². The van der Waals surface area contributed by atoms with Gasteiger partial charge in [0.05, 0.1) is 13.2 Å². The third-order valence-corrected chi connectivity index (χ3v) is 3.13. The summed E-state index contributed by atoms with van der Waals surface area (Å²) in [6.07, 6.45) is 0.834. The molecule has 0 radical (unpaired) electrons. The Bertz CT molecular complexity index is 430. The summed E-state index contributed by atoms with van der Waals surface area (Å²) < 4.78 is 5.21. The van der Waals surface area contributed by atoms with Crippen LogP contribution in [0.4, 0.5) is 0 Å². The van der Waals surface area contributed by atoms with E-state index in [1.807, 2.05) is 24.3 Å². The largest absolute Gasteiger partial charge is 0.497 e. The zero-order chi connectivity index (χ0) is 15.1. The van der Waals surface area contributed by atoms with Gasteiger partial charge in [-0.15, -0.1) is 0 Å². The number of nitrogens with zero attached hydrogens (tertiary/aromatic N) is 1. The van der Waals surface area contributed by atoms with Gasteiger partial charge >= 0.3 is 0 Å². The summed E-state index contributed by atoms with van der Waals surface area (Å²) in [4.78, 5) is 13.8. The first-order chi connectivity index (χ1) is 9.43. The highest BCUT2D eigenvalue weighted by Gasteiger charge is 2.20. The van der Waals surface area contributed by atoms with Crippen LogP contribution in [0, 0.1) is 5.92 Å². The van der Waals surface area contributed by atoms with E-state index in [4.69, 9.17) is 4.74 Å². The number of likely N-dealkylation sites (N-methyl/N-ethyl adjacent to an activating group) is 1. The smallest absolute Gasteiger partial charge is 0.239 e. The van der Waals surface area contributed by atoms with E-state index in [9.17, 15) is 4.79 Å². The molecular formula is C16H26N2O2. The number of rotatable bonds is 7. The van der Waals surface area contributed by atoms with E-state index in [1.165, 1.54) is 0 Å². The Hall–Kier alpha value is -1.55. The van der Waals surface area contributed by atoms with Gasteiger partial charge in [0.2, 0.25) is 5.91 Å². The number of benzene rings is 1. The van der Waals surface area contributed by atoms with E-state index in [-0.39, 0.29) is 11.9 Å². The zero-order valence-electron chi connectivity index (χ0n) is 13.1. The van der Waals surface area contributed by atoms with E-state index < -0.39 is 0 Å². The van der Waals surface area contributed by atoms with Crippen LogP contribution in [-0.2, 0) is 11.3 Å². The van der Waals surface area contributed by atoms with Crippen LogP contribution in [0.15, 0.2) is 24.3 Å². The fourth-order valence-corrected chi connectivity index (χ4v) is 2.08. The molecule has 0 aliphatic heterocycles. The fourth-order valence-electron chi connectivity index (χ4n) is 2.08. The first-order valence-corrected chi connectivity index (χ1v) is 7.01. The lowest BCUT2D eigenvalue weighted by molar-refractivity contribution is -0.131. The summed E-state index contributed by atoms with van der Waals surface area (Å²) in [6, 6.07) is 7.75. The number of hydrogen-bond donors (Lipinski definition) is 1. The second-order valence-corrected chi connectivity index (χ2v) is 5.65. The van der Waals surface area contributed by atoms with Crippen LogP contribution in [0.25, 0.3) is 0 Å². The summed E-state index contributed by atoms with van der Waals surface area (Å²) in [5, 5.41) is 3.35. The van der Waals surface area contributed by atoms with Crippen molar-refractivity contribution in [2.75, 3.05) is 21.2 Å². The molecule has 1 atom stereocenters. The minimum atomic E-state index is -0.142. The minimum Gasteiger partial charge on any atom is -0.497 e. The van der Waals surface area contributed by atoms with Crippen molar-refractivity contribution in [1.82, 2.24) is 10.2 Å². The third kappa shape index (κ3) is 5.21. The zero-order valence-corrected chi connectivity index (χ0v) is 13.1. The maximum atomic E-state index is 12.2. The van der Waals surface area contributed by atoms with Crippen molar-refractivity contribution in [2.45, 2.75) is 32.9 Å². The Labute approximate surface area is 122 Å². The van der Waals surface area contributed by atoms with Crippen molar-refractivity contribution in [3.8, 4) is 5.75 Å². The lowest BCUT2D eigenvalue weighted by Gasteiger charge is -2.23. The maximum Gasteiger partial charge on any atom is 0.239 e. The maximum absolute atomic E-state index is 12.2. The van der Waals surface area contributed by atoms with Gasteiger partial charge in [0, 0.05) is 20.6 Å². The van der Waals surface area contributed by atoms with Crippen LogP contribution in [-0.4, -0.2) is 38.1 Å². The molecule has 0 bridgehead atoms. The van der Waals surface area contributed by atoms with Gasteiger partial charge in [-0.3, -0.25) is 4.79 Å². The van der Waals surface area contributed by atoms with Gasteiger partial charge < -0.3 is 15.0 Å². The molecule has 1 unspecified atom stereocenters. The molecule has 0 aliphatic rings. The molecule has 0 heterocycles. The van der Waals surface area contributed by atoms with Crippen LogP contribution in [0.3, 0.4) is 0 Å². The van der Waals surface area contributed by atoms with Crippen molar-refractivity contribution in [3.63, 3.8) is 0 Å². The summed E-state index contributed by atoms with van der Waals surface area (Å²) in [7, 11) is 5.25. The number of carbonyl (C=O) groups is 1. The Morgan fingerprint density at radius 1 is 1.35 bits per heavy atom. The first-order valence-electron chi connectivity index (χ1n) is 7.01. The number of methoxy groups -OCH3 is 1. The van der Waals surface area contributed by atoms with Gasteiger partial charge in [0.25, 0.3) is 0 Å². The standard InChI is InChI=1S/C16H26N2O2/c1-12(2)9-15(16(19)18(3)4)17-11-13-7-6-8-14(10-13)20-5/h6-8,10,12,15,17H,9,11H2,1-5H3. The van der Waals surface area contributed by atoms with E-state index in [2.05, 4.69) is 19.2 Å². The van der Waals surface area contributed by atoms with Crippen molar-refractivity contribution >= 4 is 5.91 Å². The highest BCUT2D eigenvalue weighted by atomic mass is 16.5. The summed E-state index contributed by atoms with van der Waals surface area (Å²) in [5.74, 6) is 1.44. The Morgan fingerprint density at radius 3 is 2.60 bits per heavy atom. The van der Waals surface area contributed by atoms with Crippen LogP contribution in [0.2, 0.25) is 0 Å². The van der Waals surface area contributed by atoms with E-state index in [1.54, 1.807) is 26.1 Å². The van der Waals surface area contributed by atoms with Crippen molar-refractivity contribution in [3.05, 3.63) is 29.8 Å². The van der Waals surface area contributed by atoms with Crippen LogP contribution in [0.5, 0.6) is 5.75 Å². The highest BCUT2D eigenvalue weighted by Crippen LogP contribution is 2.13. The molecule has 4 nitrogen and oxygen atoms in total. The normalized spacial score (nSPS) is 12.3. The van der Waals surface area contributed by atoms with Gasteiger partial charge in [-0.25, -0.2) is 0 Å². The first kappa shape index (κ1) is 16.5. The molecule has 20 heavy (non-hydrogen) atoms. The summed E-state index contributed by atoms with van der Waals surface area (Å²) in [6.45, 7) is 4.92. The number of carbonyl (C=O) groups excluding carboxylic acids is 1. The predicted molar refractivity (Wildman–Crippen MR) is 81.8 cm³/mol. The van der Waals surface area contributed by atoms with Gasteiger partial charge in [-0.2, -0.15) is 0 Å². The predicted octanol–water partition coefficient (Wildman–Crippen LogP) is 2.29. The molecule has 0 saturated carbocycles. The average molecular weight is 278 g/mol. The molecule has 1 rings (SSSR count). The quantitative estimate of drug-likeness (QED) is 0.832. The molecule has 0 aromatic heterocycles. The summed E-state index contributed by atoms with van der Waals surface area (Å²) >= 11 is 0. The molecule has 1 amide bonds. The second-order valence-electron chi connectivity index (χ2n) is 5.65. The molecule has 0 aliphatic carbocycles. The lowest BCUT2D eigenvalue weighted by Crippen LogP contribution is -2.44. The van der Waals surface area contributed by atoms with Crippen molar-refractivity contribution in [2.24, 2.45) is 5.92 Å². The Morgan fingerprint density at radius 2 is 2.05 bits per heavy atom. The molecule has 1 N–H and O–H groups in total. The molecule has 0 saturated heterocycles. The number of hydrogen-bond acceptors (Lipinski definition) is 3. The third-order valence-electron chi connectivity index (χ3n) is 3.13. The SMILES string of the molecule is COc1cccc(CNC(CC(C)C)C(=O)N(C)C)c1. The van der Waals surface area contributed by atoms with Gasteiger partial charge in [0.1, 0.15) is 5.75 Å². The Balaban J connectivity index is 2.67.